The SMILES string of the molecule is N[C@@H]1CCN(C(=O)Cc2cccc(I)c2)C1. The van der Waals surface area contributed by atoms with E-state index in [-0.39, 0.29) is 11.9 Å². The summed E-state index contributed by atoms with van der Waals surface area (Å²) in [4.78, 5) is 13.8. The van der Waals surface area contributed by atoms with Gasteiger partial charge in [-0.2, -0.15) is 0 Å². The maximum Gasteiger partial charge on any atom is 0.227 e. The number of carbonyl (C=O) groups is 1. The summed E-state index contributed by atoms with van der Waals surface area (Å²) in [7, 11) is 0. The van der Waals surface area contributed by atoms with Crippen LogP contribution in [0, 0.1) is 3.57 Å². The highest BCUT2D eigenvalue weighted by Crippen LogP contribution is 2.12. The lowest BCUT2D eigenvalue weighted by atomic mass is 10.1. The van der Waals surface area contributed by atoms with Gasteiger partial charge in [0.2, 0.25) is 5.91 Å². The predicted molar refractivity (Wildman–Crippen MR) is 72.0 cm³/mol. The van der Waals surface area contributed by atoms with Crippen molar-refractivity contribution in [3.05, 3.63) is 33.4 Å². The molecule has 2 rings (SSSR count). The van der Waals surface area contributed by atoms with Crippen LogP contribution in [0.1, 0.15) is 12.0 Å². The first-order chi connectivity index (χ1) is 7.65. The van der Waals surface area contributed by atoms with E-state index in [2.05, 4.69) is 28.7 Å². The van der Waals surface area contributed by atoms with Gasteiger partial charge in [-0.1, -0.05) is 12.1 Å². The lowest BCUT2D eigenvalue weighted by Gasteiger charge is -2.15. The molecule has 1 fully saturated rings. The summed E-state index contributed by atoms with van der Waals surface area (Å²) in [6, 6.07) is 8.23. The summed E-state index contributed by atoms with van der Waals surface area (Å²) in [6.45, 7) is 1.52. The zero-order valence-electron chi connectivity index (χ0n) is 9.03. The highest BCUT2D eigenvalue weighted by molar-refractivity contribution is 14.1. The molecule has 1 aliphatic heterocycles. The Hall–Kier alpha value is -0.620. The molecule has 0 radical (unpaired) electrons. The third-order valence-corrected chi connectivity index (χ3v) is 3.49. The van der Waals surface area contributed by atoms with E-state index in [1.807, 2.05) is 23.1 Å². The van der Waals surface area contributed by atoms with Gasteiger partial charge < -0.3 is 10.6 Å². The van der Waals surface area contributed by atoms with Gasteiger partial charge in [0.25, 0.3) is 0 Å². The number of nitrogens with two attached hydrogens (primary N) is 1. The molecular formula is C12H15IN2O. The van der Waals surface area contributed by atoms with Gasteiger partial charge in [-0.05, 0) is 46.7 Å². The van der Waals surface area contributed by atoms with Crippen molar-refractivity contribution >= 4 is 28.5 Å². The van der Waals surface area contributed by atoms with Crippen molar-refractivity contribution in [3.8, 4) is 0 Å². The van der Waals surface area contributed by atoms with E-state index in [1.165, 1.54) is 3.57 Å². The van der Waals surface area contributed by atoms with Gasteiger partial charge in [0.1, 0.15) is 0 Å². The van der Waals surface area contributed by atoms with Crippen molar-refractivity contribution in [2.75, 3.05) is 13.1 Å². The monoisotopic (exact) mass is 330 g/mol. The molecule has 1 saturated heterocycles. The van der Waals surface area contributed by atoms with Crippen LogP contribution < -0.4 is 5.73 Å². The topological polar surface area (TPSA) is 46.3 Å². The fourth-order valence-corrected chi connectivity index (χ4v) is 2.55. The Labute approximate surface area is 109 Å². The molecule has 1 aromatic rings. The molecule has 1 aromatic carbocycles. The Balaban J connectivity index is 1.97. The first-order valence-electron chi connectivity index (χ1n) is 5.43. The highest BCUT2D eigenvalue weighted by Gasteiger charge is 2.23. The zero-order chi connectivity index (χ0) is 11.5. The average molecular weight is 330 g/mol. The molecule has 1 amide bonds. The first-order valence-corrected chi connectivity index (χ1v) is 6.51. The molecule has 16 heavy (non-hydrogen) atoms. The molecule has 0 saturated carbocycles. The van der Waals surface area contributed by atoms with Crippen LogP contribution in [-0.2, 0) is 11.2 Å². The molecule has 0 unspecified atom stereocenters. The van der Waals surface area contributed by atoms with Crippen molar-refractivity contribution < 1.29 is 4.79 Å². The molecule has 1 atom stereocenters. The smallest absolute Gasteiger partial charge is 0.227 e. The van der Waals surface area contributed by atoms with Crippen LogP contribution in [0.5, 0.6) is 0 Å². The molecule has 4 heteroatoms. The van der Waals surface area contributed by atoms with E-state index >= 15 is 0 Å². The largest absolute Gasteiger partial charge is 0.341 e. The quantitative estimate of drug-likeness (QED) is 0.833. The van der Waals surface area contributed by atoms with E-state index in [0.717, 1.165) is 18.5 Å². The van der Waals surface area contributed by atoms with E-state index in [9.17, 15) is 4.79 Å². The van der Waals surface area contributed by atoms with Gasteiger partial charge in [0, 0.05) is 22.7 Å². The highest BCUT2D eigenvalue weighted by atomic mass is 127. The van der Waals surface area contributed by atoms with Gasteiger partial charge >= 0.3 is 0 Å². The Morgan fingerprint density at radius 1 is 1.56 bits per heavy atom. The minimum atomic E-state index is 0.167. The molecule has 2 N–H and O–H groups in total. The molecule has 0 spiro atoms. The van der Waals surface area contributed by atoms with Crippen molar-refractivity contribution in [2.24, 2.45) is 5.73 Å². The van der Waals surface area contributed by atoms with E-state index < -0.39 is 0 Å². The van der Waals surface area contributed by atoms with Gasteiger partial charge in [0.15, 0.2) is 0 Å². The molecule has 0 aliphatic carbocycles. The zero-order valence-corrected chi connectivity index (χ0v) is 11.2. The maximum atomic E-state index is 11.9. The number of hydrogen-bond donors (Lipinski definition) is 1. The van der Waals surface area contributed by atoms with Crippen LogP contribution in [0.15, 0.2) is 24.3 Å². The number of carbonyl (C=O) groups excluding carboxylic acids is 1. The van der Waals surface area contributed by atoms with Crippen molar-refractivity contribution in [2.45, 2.75) is 18.9 Å². The minimum Gasteiger partial charge on any atom is -0.341 e. The van der Waals surface area contributed by atoms with Crippen molar-refractivity contribution in [3.63, 3.8) is 0 Å². The van der Waals surface area contributed by atoms with E-state index in [0.29, 0.717) is 13.0 Å². The second-order valence-electron chi connectivity index (χ2n) is 4.20. The summed E-state index contributed by atoms with van der Waals surface area (Å²) in [5.74, 6) is 0.190. The van der Waals surface area contributed by atoms with Crippen LogP contribution in [-0.4, -0.2) is 29.9 Å². The Morgan fingerprint density at radius 3 is 3.00 bits per heavy atom. The Bertz CT molecular complexity index is 394. The van der Waals surface area contributed by atoms with E-state index in [4.69, 9.17) is 5.73 Å². The standard InChI is InChI=1S/C12H15IN2O/c13-10-3-1-2-9(6-10)7-12(16)15-5-4-11(14)8-15/h1-3,6,11H,4-5,7-8,14H2/t11-/m1/s1. The number of hydrogen-bond acceptors (Lipinski definition) is 2. The van der Waals surface area contributed by atoms with Gasteiger partial charge in [-0.3, -0.25) is 4.79 Å². The predicted octanol–water partition coefficient (Wildman–Crippen LogP) is 1.39. The second-order valence-corrected chi connectivity index (χ2v) is 5.44. The number of likely N-dealkylation sites (tertiary alicyclic amines) is 1. The Morgan fingerprint density at radius 2 is 2.38 bits per heavy atom. The average Bonchev–Trinajstić information content (AvgIpc) is 2.65. The molecule has 0 aromatic heterocycles. The lowest BCUT2D eigenvalue weighted by molar-refractivity contribution is -0.129. The minimum absolute atomic E-state index is 0.167. The number of amides is 1. The molecule has 1 aliphatic rings. The van der Waals surface area contributed by atoms with Crippen molar-refractivity contribution in [1.82, 2.24) is 4.90 Å². The number of halogens is 1. The fraction of sp³-hybridized carbons (Fsp3) is 0.417. The van der Waals surface area contributed by atoms with Crippen LogP contribution in [0.2, 0.25) is 0 Å². The third kappa shape index (κ3) is 2.95. The van der Waals surface area contributed by atoms with Crippen LogP contribution in [0.3, 0.4) is 0 Å². The van der Waals surface area contributed by atoms with Crippen LogP contribution >= 0.6 is 22.6 Å². The summed E-state index contributed by atoms with van der Waals surface area (Å²) in [5.41, 5.74) is 6.87. The van der Waals surface area contributed by atoms with Gasteiger partial charge in [-0.25, -0.2) is 0 Å². The van der Waals surface area contributed by atoms with Crippen LogP contribution in [0.4, 0.5) is 0 Å². The summed E-state index contributed by atoms with van der Waals surface area (Å²) < 4.78 is 1.17. The molecular weight excluding hydrogens is 315 g/mol. The second kappa shape index (κ2) is 5.14. The number of rotatable bonds is 2. The van der Waals surface area contributed by atoms with Gasteiger partial charge in [0.05, 0.1) is 6.42 Å². The fourth-order valence-electron chi connectivity index (χ4n) is 1.95. The normalized spacial score (nSPS) is 20.1. The molecule has 3 nitrogen and oxygen atoms in total. The molecule has 1 heterocycles. The third-order valence-electron chi connectivity index (χ3n) is 2.82. The Kier molecular flexibility index (Phi) is 3.81. The summed E-state index contributed by atoms with van der Waals surface area (Å²) >= 11 is 2.26. The molecule has 86 valence electrons. The van der Waals surface area contributed by atoms with Crippen LogP contribution in [0.25, 0.3) is 0 Å². The lowest BCUT2D eigenvalue weighted by Crippen LogP contribution is -2.32. The number of benzene rings is 1. The maximum absolute atomic E-state index is 11.9. The first kappa shape index (κ1) is 11.9. The van der Waals surface area contributed by atoms with Gasteiger partial charge in [-0.15, -0.1) is 0 Å². The number of nitrogens with zero attached hydrogens (tertiary/aromatic N) is 1. The summed E-state index contributed by atoms with van der Waals surface area (Å²) in [5, 5.41) is 0. The summed E-state index contributed by atoms with van der Waals surface area (Å²) in [6.07, 6.45) is 1.42. The van der Waals surface area contributed by atoms with E-state index in [1.54, 1.807) is 0 Å². The van der Waals surface area contributed by atoms with Crippen molar-refractivity contribution in [1.29, 1.82) is 0 Å². The molecule has 0 bridgehead atoms.